The Balaban J connectivity index is 1.78. The quantitative estimate of drug-likeness (QED) is 0.592. The Labute approximate surface area is 171 Å². The molecule has 0 aliphatic rings. The van der Waals surface area contributed by atoms with Gasteiger partial charge in [0.25, 0.3) is 0 Å². The van der Waals surface area contributed by atoms with E-state index in [2.05, 4.69) is 5.32 Å². The Bertz CT molecular complexity index is 875. The molecule has 0 spiro atoms. The number of carbonyl (C=O) groups excluding carboxylic acids is 2. The van der Waals surface area contributed by atoms with Crippen LogP contribution in [0.3, 0.4) is 0 Å². The summed E-state index contributed by atoms with van der Waals surface area (Å²) in [6, 6.07) is 29.2. The van der Waals surface area contributed by atoms with E-state index < -0.39 is 5.91 Å². The van der Waals surface area contributed by atoms with Crippen molar-refractivity contribution in [2.24, 2.45) is 5.73 Å². The zero-order chi connectivity index (χ0) is 20.5. The minimum absolute atomic E-state index is 0.113. The average Bonchev–Trinajstić information content (AvgIpc) is 2.76. The first kappa shape index (κ1) is 20.3. The monoisotopic (exact) mass is 387 g/mol. The summed E-state index contributed by atoms with van der Waals surface area (Å²) in [7, 11) is 0. The standard InChI is InChI=1S/C24H25N3O2/c25-22(28)16-17-27(21-14-8-3-9-15-21)23(29)18-26-24(19-10-4-1-5-11-19)20-12-6-2-7-13-20/h1-15,24,26H,16-18H2,(H2,25,28). The Morgan fingerprint density at radius 2 is 1.28 bits per heavy atom. The number of rotatable bonds is 9. The maximum absolute atomic E-state index is 13.0. The summed E-state index contributed by atoms with van der Waals surface area (Å²) >= 11 is 0. The normalized spacial score (nSPS) is 10.7. The highest BCUT2D eigenvalue weighted by atomic mass is 16.2. The van der Waals surface area contributed by atoms with Gasteiger partial charge in [-0.15, -0.1) is 0 Å². The number of benzene rings is 3. The Morgan fingerprint density at radius 3 is 1.76 bits per heavy atom. The molecule has 0 saturated heterocycles. The highest BCUT2D eigenvalue weighted by molar-refractivity contribution is 5.95. The second kappa shape index (κ2) is 10.2. The van der Waals surface area contributed by atoms with Gasteiger partial charge in [-0.1, -0.05) is 78.9 Å². The lowest BCUT2D eigenvalue weighted by molar-refractivity contribution is -0.118. The molecule has 0 aliphatic carbocycles. The predicted molar refractivity (Wildman–Crippen MR) is 115 cm³/mol. The molecule has 0 unspecified atom stereocenters. The molecule has 0 radical (unpaired) electrons. The van der Waals surface area contributed by atoms with Crippen molar-refractivity contribution in [1.82, 2.24) is 5.32 Å². The molecular formula is C24H25N3O2. The highest BCUT2D eigenvalue weighted by Crippen LogP contribution is 2.22. The number of nitrogens with one attached hydrogen (secondary N) is 1. The summed E-state index contributed by atoms with van der Waals surface area (Å²) in [5.41, 5.74) is 8.20. The highest BCUT2D eigenvalue weighted by Gasteiger charge is 2.19. The van der Waals surface area contributed by atoms with Crippen LogP contribution in [-0.4, -0.2) is 24.9 Å². The number of hydrogen-bond acceptors (Lipinski definition) is 3. The van der Waals surface area contributed by atoms with E-state index in [0.29, 0.717) is 0 Å². The lowest BCUT2D eigenvalue weighted by atomic mass is 9.99. The third kappa shape index (κ3) is 5.77. The van der Waals surface area contributed by atoms with Crippen LogP contribution in [0.4, 0.5) is 5.69 Å². The lowest BCUT2D eigenvalue weighted by Crippen LogP contribution is -2.41. The summed E-state index contributed by atoms with van der Waals surface area (Å²) in [6.07, 6.45) is 0.113. The van der Waals surface area contributed by atoms with Gasteiger partial charge in [0.15, 0.2) is 0 Å². The van der Waals surface area contributed by atoms with Crippen LogP contribution in [0.5, 0.6) is 0 Å². The molecule has 0 aliphatic heterocycles. The van der Waals surface area contributed by atoms with E-state index in [0.717, 1.165) is 16.8 Å². The van der Waals surface area contributed by atoms with Crippen molar-refractivity contribution >= 4 is 17.5 Å². The largest absolute Gasteiger partial charge is 0.370 e. The molecule has 148 valence electrons. The van der Waals surface area contributed by atoms with Gasteiger partial charge in [-0.2, -0.15) is 0 Å². The molecule has 0 bridgehead atoms. The molecule has 0 atom stereocenters. The first-order chi connectivity index (χ1) is 14.1. The van der Waals surface area contributed by atoms with Crippen LogP contribution in [0, 0.1) is 0 Å². The molecule has 0 heterocycles. The van der Waals surface area contributed by atoms with Crippen molar-refractivity contribution in [1.29, 1.82) is 0 Å². The molecule has 0 saturated carbocycles. The van der Waals surface area contributed by atoms with E-state index in [1.807, 2.05) is 91.0 Å². The van der Waals surface area contributed by atoms with Crippen molar-refractivity contribution in [2.75, 3.05) is 18.0 Å². The maximum atomic E-state index is 13.0. The Hall–Kier alpha value is -3.44. The number of nitrogens with two attached hydrogens (primary N) is 1. The van der Waals surface area contributed by atoms with Crippen LogP contribution in [0.25, 0.3) is 0 Å². The van der Waals surface area contributed by atoms with Gasteiger partial charge >= 0.3 is 0 Å². The zero-order valence-electron chi connectivity index (χ0n) is 16.2. The second-order valence-corrected chi connectivity index (χ2v) is 6.73. The molecular weight excluding hydrogens is 362 g/mol. The summed E-state index contributed by atoms with van der Waals surface area (Å²) in [5, 5.41) is 3.38. The molecule has 3 aromatic rings. The molecule has 3 rings (SSSR count). The molecule has 5 heteroatoms. The summed E-state index contributed by atoms with van der Waals surface area (Å²) in [4.78, 5) is 25.9. The summed E-state index contributed by atoms with van der Waals surface area (Å²) < 4.78 is 0. The molecule has 2 amide bonds. The average molecular weight is 387 g/mol. The third-order valence-electron chi connectivity index (χ3n) is 4.67. The minimum Gasteiger partial charge on any atom is -0.370 e. The van der Waals surface area contributed by atoms with E-state index in [9.17, 15) is 9.59 Å². The van der Waals surface area contributed by atoms with Gasteiger partial charge in [0.2, 0.25) is 11.8 Å². The van der Waals surface area contributed by atoms with Gasteiger partial charge in [-0.3, -0.25) is 14.9 Å². The van der Waals surface area contributed by atoms with Gasteiger partial charge < -0.3 is 10.6 Å². The van der Waals surface area contributed by atoms with E-state index in [-0.39, 0.29) is 31.5 Å². The number of nitrogens with zero attached hydrogens (tertiary/aromatic N) is 1. The molecule has 0 fully saturated rings. The van der Waals surface area contributed by atoms with Crippen molar-refractivity contribution in [3.63, 3.8) is 0 Å². The minimum atomic E-state index is -0.432. The summed E-state index contributed by atoms with van der Waals surface area (Å²) in [5.74, 6) is -0.549. The van der Waals surface area contributed by atoms with Gasteiger partial charge in [-0.05, 0) is 23.3 Å². The fourth-order valence-corrected chi connectivity index (χ4v) is 3.23. The number of carbonyl (C=O) groups is 2. The van der Waals surface area contributed by atoms with Gasteiger partial charge in [0.05, 0.1) is 12.6 Å². The van der Waals surface area contributed by atoms with Gasteiger partial charge in [-0.25, -0.2) is 0 Å². The van der Waals surface area contributed by atoms with Crippen LogP contribution >= 0.6 is 0 Å². The number of anilines is 1. The first-order valence-corrected chi connectivity index (χ1v) is 9.62. The third-order valence-corrected chi connectivity index (χ3v) is 4.67. The fourth-order valence-electron chi connectivity index (χ4n) is 3.23. The van der Waals surface area contributed by atoms with E-state index in [1.54, 1.807) is 4.90 Å². The van der Waals surface area contributed by atoms with Gasteiger partial charge in [0.1, 0.15) is 0 Å². The molecule has 29 heavy (non-hydrogen) atoms. The lowest BCUT2D eigenvalue weighted by Gasteiger charge is -2.25. The van der Waals surface area contributed by atoms with E-state index >= 15 is 0 Å². The Kier molecular flexibility index (Phi) is 7.14. The second-order valence-electron chi connectivity index (χ2n) is 6.73. The number of primary amides is 1. The van der Waals surface area contributed by atoms with Crippen LogP contribution in [0.1, 0.15) is 23.6 Å². The first-order valence-electron chi connectivity index (χ1n) is 9.62. The van der Waals surface area contributed by atoms with Crippen LogP contribution in [0.2, 0.25) is 0 Å². The van der Waals surface area contributed by atoms with Crippen molar-refractivity contribution in [3.8, 4) is 0 Å². The van der Waals surface area contributed by atoms with Crippen molar-refractivity contribution in [3.05, 3.63) is 102 Å². The number of hydrogen-bond donors (Lipinski definition) is 2. The molecule has 5 nitrogen and oxygen atoms in total. The smallest absolute Gasteiger partial charge is 0.240 e. The summed E-state index contributed by atoms with van der Waals surface area (Å²) in [6.45, 7) is 0.378. The topological polar surface area (TPSA) is 75.4 Å². The SMILES string of the molecule is NC(=O)CCN(C(=O)CNC(c1ccccc1)c1ccccc1)c1ccccc1. The number of para-hydroxylation sites is 1. The van der Waals surface area contributed by atoms with E-state index in [1.165, 1.54) is 0 Å². The molecule has 0 aromatic heterocycles. The maximum Gasteiger partial charge on any atom is 0.240 e. The van der Waals surface area contributed by atoms with E-state index in [4.69, 9.17) is 5.73 Å². The van der Waals surface area contributed by atoms with Crippen LogP contribution in [-0.2, 0) is 9.59 Å². The van der Waals surface area contributed by atoms with Crippen LogP contribution in [0.15, 0.2) is 91.0 Å². The van der Waals surface area contributed by atoms with Crippen LogP contribution < -0.4 is 16.0 Å². The van der Waals surface area contributed by atoms with Gasteiger partial charge in [0, 0.05) is 18.7 Å². The fraction of sp³-hybridized carbons (Fsp3) is 0.167. The molecule has 3 aromatic carbocycles. The zero-order valence-corrected chi connectivity index (χ0v) is 16.2. The van der Waals surface area contributed by atoms with Crippen molar-refractivity contribution < 1.29 is 9.59 Å². The Morgan fingerprint density at radius 1 is 0.793 bits per heavy atom. The van der Waals surface area contributed by atoms with Crippen molar-refractivity contribution in [2.45, 2.75) is 12.5 Å². The number of amides is 2. The molecule has 3 N–H and O–H groups in total. The predicted octanol–water partition coefficient (Wildman–Crippen LogP) is 3.27.